The minimum Gasteiger partial charge on any atom is -0.330 e. The summed E-state index contributed by atoms with van der Waals surface area (Å²) in [5, 5.41) is 1.44. The highest BCUT2D eigenvalue weighted by Crippen LogP contribution is 2.24. The average molecular weight is 259 g/mol. The molecule has 2 N–H and O–H groups in total. The predicted octanol–water partition coefficient (Wildman–Crippen LogP) is 2.77. The van der Waals surface area contributed by atoms with Crippen LogP contribution in [0.25, 0.3) is 0 Å². The second-order valence-corrected chi connectivity index (χ2v) is 5.20. The molecule has 2 nitrogen and oxygen atoms in total. The van der Waals surface area contributed by atoms with Crippen LogP contribution in [-0.2, 0) is 6.54 Å². The molecule has 0 amide bonds. The van der Waals surface area contributed by atoms with Crippen LogP contribution in [0.1, 0.15) is 12.0 Å². The Kier molecular flexibility index (Phi) is 4.09. The molecule has 1 unspecified atom stereocenters. The van der Waals surface area contributed by atoms with Crippen LogP contribution < -0.4 is 5.73 Å². The number of hydrogen-bond donors (Lipinski definition) is 1. The van der Waals surface area contributed by atoms with Gasteiger partial charge in [-0.3, -0.25) is 4.90 Å². The molecule has 1 aliphatic heterocycles. The summed E-state index contributed by atoms with van der Waals surface area (Å²) < 4.78 is 0. The molecule has 1 saturated heterocycles. The van der Waals surface area contributed by atoms with Gasteiger partial charge in [0.05, 0.1) is 0 Å². The number of benzene rings is 1. The highest BCUT2D eigenvalue weighted by molar-refractivity contribution is 6.35. The van der Waals surface area contributed by atoms with Gasteiger partial charge in [0.1, 0.15) is 0 Å². The monoisotopic (exact) mass is 258 g/mol. The third-order valence-corrected chi connectivity index (χ3v) is 3.70. The molecule has 0 spiro atoms. The molecule has 0 radical (unpaired) electrons. The van der Waals surface area contributed by atoms with Gasteiger partial charge < -0.3 is 5.73 Å². The first-order valence-corrected chi connectivity index (χ1v) is 6.31. The fourth-order valence-corrected chi connectivity index (χ4v) is 2.61. The van der Waals surface area contributed by atoms with Crippen molar-refractivity contribution >= 4 is 23.2 Å². The number of halogens is 2. The van der Waals surface area contributed by atoms with Crippen LogP contribution in [-0.4, -0.2) is 24.5 Å². The van der Waals surface area contributed by atoms with E-state index in [-0.39, 0.29) is 0 Å². The molecule has 1 atom stereocenters. The highest BCUT2D eigenvalue weighted by Gasteiger charge is 2.21. The van der Waals surface area contributed by atoms with Gasteiger partial charge in [0.15, 0.2) is 0 Å². The third kappa shape index (κ3) is 2.89. The van der Waals surface area contributed by atoms with Crippen LogP contribution in [0.2, 0.25) is 10.0 Å². The molecule has 1 heterocycles. The van der Waals surface area contributed by atoms with Crippen molar-refractivity contribution in [3.05, 3.63) is 33.8 Å². The van der Waals surface area contributed by atoms with Crippen LogP contribution in [0, 0.1) is 5.92 Å². The van der Waals surface area contributed by atoms with Crippen molar-refractivity contribution in [1.29, 1.82) is 0 Å². The lowest BCUT2D eigenvalue weighted by atomic mass is 10.1. The molecule has 1 aromatic rings. The van der Waals surface area contributed by atoms with Crippen molar-refractivity contribution in [2.24, 2.45) is 11.7 Å². The molecule has 1 aromatic carbocycles. The molecule has 88 valence electrons. The zero-order valence-corrected chi connectivity index (χ0v) is 10.6. The fraction of sp³-hybridized carbons (Fsp3) is 0.500. The maximum atomic E-state index is 6.14. The van der Waals surface area contributed by atoms with Crippen molar-refractivity contribution in [3.63, 3.8) is 0 Å². The largest absolute Gasteiger partial charge is 0.330 e. The first-order chi connectivity index (χ1) is 7.69. The van der Waals surface area contributed by atoms with Crippen LogP contribution in [0.5, 0.6) is 0 Å². The Hall–Kier alpha value is -0.280. The van der Waals surface area contributed by atoms with Crippen LogP contribution in [0.4, 0.5) is 0 Å². The topological polar surface area (TPSA) is 29.3 Å². The number of rotatable bonds is 3. The van der Waals surface area contributed by atoms with E-state index in [0.29, 0.717) is 10.9 Å². The summed E-state index contributed by atoms with van der Waals surface area (Å²) in [6.45, 7) is 3.87. The number of hydrogen-bond acceptors (Lipinski definition) is 2. The lowest BCUT2D eigenvalue weighted by Crippen LogP contribution is -2.22. The van der Waals surface area contributed by atoms with Gasteiger partial charge in [0.25, 0.3) is 0 Å². The number of nitrogens with two attached hydrogens (primary N) is 1. The Labute approximate surface area is 106 Å². The zero-order chi connectivity index (χ0) is 11.5. The number of nitrogens with zero attached hydrogens (tertiary/aromatic N) is 1. The minimum absolute atomic E-state index is 0.645. The first-order valence-electron chi connectivity index (χ1n) is 5.55. The van der Waals surface area contributed by atoms with Crippen molar-refractivity contribution < 1.29 is 0 Å². The number of likely N-dealkylation sites (tertiary alicyclic amines) is 1. The fourth-order valence-electron chi connectivity index (χ4n) is 2.14. The third-order valence-electron chi connectivity index (χ3n) is 3.11. The molecule has 16 heavy (non-hydrogen) atoms. The molecule has 1 fully saturated rings. The maximum absolute atomic E-state index is 6.14. The van der Waals surface area contributed by atoms with Gasteiger partial charge in [-0.05, 0) is 43.1 Å². The van der Waals surface area contributed by atoms with Gasteiger partial charge >= 0.3 is 0 Å². The van der Waals surface area contributed by atoms with Crippen LogP contribution in [0.15, 0.2) is 18.2 Å². The summed E-state index contributed by atoms with van der Waals surface area (Å²) in [5.41, 5.74) is 6.81. The van der Waals surface area contributed by atoms with Crippen molar-refractivity contribution in [2.75, 3.05) is 19.6 Å². The molecule has 0 aromatic heterocycles. The molecule has 0 bridgehead atoms. The van der Waals surface area contributed by atoms with E-state index in [2.05, 4.69) is 4.90 Å². The summed E-state index contributed by atoms with van der Waals surface area (Å²) in [4.78, 5) is 2.40. The minimum atomic E-state index is 0.645. The quantitative estimate of drug-likeness (QED) is 0.904. The van der Waals surface area contributed by atoms with E-state index < -0.39 is 0 Å². The van der Waals surface area contributed by atoms with E-state index in [1.807, 2.05) is 12.1 Å². The van der Waals surface area contributed by atoms with E-state index in [1.54, 1.807) is 6.07 Å². The van der Waals surface area contributed by atoms with E-state index in [0.717, 1.165) is 36.8 Å². The van der Waals surface area contributed by atoms with Gasteiger partial charge in [0.2, 0.25) is 0 Å². The summed E-state index contributed by atoms with van der Waals surface area (Å²) in [6, 6.07) is 5.69. The highest BCUT2D eigenvalue weighted by atomic mass is 35.5. The molecule has 4 heteroatoms. The van der Waals surface area contributed by atoms with Gasteiger partial charge in [0, 0.05) is 23.1 Å². The summed E-state index contributed by atoms with van der Waals surface area (Å²) in [5.74, 6) is 0.645. The van der Waals surface area contributed by atoms with Crippen molar-refractivity contribution in [3.8, 4) is 0 Å². The van der Waals surface area contributed by atoms with Gasteiger partial charge in [-0.2, -0.15) is 0 Å². The smallest absolute Gasteiger partial charge is 0.0465 e. The van der Waals surface area contributed by atoms with Crippen LogP contribution >= 0.6 is 23.2 Å². The van der Waals surface area contributed by atoms with Crippen molar-refractivity contribution in [1.82, 2.24) is 4.90 Å². The van der Waals surface area contributed by atoms with Crippen LogP contribution in [0.3, 0.4) is 0 Å². The zero-order valence-electron chi connectivity index (χ0n) is 9.13. The summed E-state index contributed by atoms with van der Waals surface area (Å²) in [7, 11) is 0. The molecule has 1 aliphatic rings. The molecule has 0 saturated carbocycles. The lowest BCUT2D eigenvalue weighted by Gasteiger charge is -2.16. The summed E-state index contributed by atoms with van der Waals surface area (Å²) >= 11 is 12.0. The van der Waals surface area contributed by atoms with Gasteiger partial charge in [-0.15, -0.1) is 0 Å². The molecule has 2 rings (SSSR count). The van der Waals surface area contributed by atoms with Gasteiger partial charge in [-0.1, -0.05) is 29.3 Å². The van der Waals surface area contributed by atoms with Crippen molar-refractivity contribution in [2.45, 2.75) is 13.0 Å². The molecular formula is C12H16Cl2N2. The first kappa shape index (κ1) is 12.2. The second-order valence-electron chi connectivity index (χ2n) is 4.36. The SMILES string of the molecule is NCC1CCN(Cc2ccc(Cl)cc2Cl)C1. The predicted molar refractivity (Wildman–Crippen MR) is 68.9 cm³/mol. The summed E-state index contributed by atoms with van der Waals surface area (Å²) in [6.07, 6.45) is 1.20. The van der Waals surface area contributed by atoms with E-state index >= 15 is 0 Å². The lowest BCUT2D eigenvalue weighted by molar-refractivity contribution is 0.318. The van der Waals surface area contributed by atoms with E-state index in [4.69, 9.17) is 28.9 Å². The van der Waals surface area contributed by atoms with E-state index in [9.17, 15) is 0 Å². The second kappa shape index (κ2) is 5.37. The Morgan fingerprint density at radius 3 is 2.81 bits per heavy atom. The Morgan fingerprint density at radius 1 is 1.38 bits per heavy atom. The maximum Gasteiger partial charge on any atom is 0.0465 e. The Morgan fingerprint density at radius 2 is 2.19 bits per heavy atom. The average Bonchev–Trinajstić information content (AvgIpc) is 2.70. The standard InChI is InChI=1S/C12H16Cl2N2/c13-11-2-1-10(12(14)5-11)8-16-4-3-9(6-15)7-16/h1-2,5,9H,3-4,6-8,15H2. The Balaban J connectivity index is 1.99. The molecular weight excluding hydrogens is 243 g/mol. The van der Waals surface area contributed by atoms with Gasteiger partial charge in [-0.25, -0.2) is 0 Å². The Bertz CT molecular complexity index is 368. The molecule has 0 aliphatic carbocycles. The van der Waals surface area contributed by atoms with E-state index in [1.165, 1.54) is 6.42 Å². The normalized spacial score (nSPS) is 21.6.